The van der Waals surface area contributed by atoms with Gasteiger partial charge in [-0.2, -0.15) is 0 Å². The molecule has 4 aromatic rings. The second kappa shape index (κ2) is 10.2. The molecule has 2 aromatic carbocycles. The smallest absolute Gasteiger partial charge is 0.130 e. The van der Waals surface area contributed by atoms with Crippen LogP contribution in [0.2, 0.25) is 0 Å². The summed E-state index contributed by atoms with van der Waals surface area (Å²) in [6.07, 6.45) is 7.52. The van der Waals surface area contributed by atoms with Gasteiger partial charge in [-0.25, -0.2) is 19.3 Å². The van der Waals surface area contributed by atoms with E-state index < -0.39 is 11.0 Å². The second-order valence-electron chi connectivity index (χ2n) is 8.39. The lowest BCUT2D eigenvalue weighted by Gasteiger charge is -2.26. The van der Waals surface area contributed by atoms with Crippen molar-refractivity contribution in [1.82, 2.24) is 19.9 Å². The molecule has 2 aromatic heterocycles. The largest absolute Gasteiger partial charge is 0.350 e. The van der Waals surface area contributed by atoms with Gasteiger partial charge in [-0.15, -0.1) is 0 Å². The van der Waals surface area contributed by atoms with Gasteiger partial charge in [0.25, 0.3) is 0 Å². The Morgan fingerprint density at radius 1 is 1.06 bits per heavy atom. The lowest BCUT2D eigenvalue weighted by atomic mass is 10.0. The summed E-state index contributed by atoms with van der Waals surface area (Å²) in [5.74, 6) is 1.15. The van der Waals surface area contributed by atoms with E-state index in [-0.39, 0.29) is 6.04 Å². The number of imidazole rings is 1. The number of rotatable bonds is 6. The number of aromatic nitrogens is 3. The molecule has 0 spiro atoms. The van der Waals surface area contributed by atoms with Crippen LogP contribution in [0.1, 0.15) is 30.3 Å². The third kappa shape index (κ3) is 5.13. The van der Waals surface area contributed by atoms with Crippen LogP contribution < -0.4 is 5.14 Å². The van der Waals surface area contributed by atoms with Crippen molar-refractivity contribution < 1.29 is 4.21 Å². The van der Waals surface area contributed by atoms with E-state index in [9.17, 15) is 4.21 Å². The number of pyridine rings is 1. The number of benzene rings is 2. The van der Waals surface area contributed by atoms with Gasteiger partial charge < -0.3 is 9.88 Å². The zero-order valence-corrected chi connectivity index (χ0v) is 19.9. The Balaban J connectivity index is 1.30. The van der Waals surface area contributed by atoms with Gasteiger partial charge in [0.15, 0.2) is 0 Å². The molecule has 176 valence electrons. The van der Waals surface area contributed by atoms with E-state index in [0.717, 1.165) is 42.0 Å². The maximum atomic E-state index is 11.4. The number of H-pyrrole nitrogens is 1. The van der Waals surface area contributed by atoms with Crippen LogP contribution in [-0.2, 0) is 11.0 Å². The van der Waals surface area contributed by atoms with Crippen LogP contribution in [0.15, 0.2) is 90.0 Å². The number of nitrogens with two attached hydrogens (primary N) is 1. The van der Waals surface area contributed by atoms with Crippen LogP contribution in [0.3, 0.4) is 0 Å². The topological polar surface area (TPSA) is 112 Å². The minimum atomic E-state index is -1.50. The average Bonchev–Trinajstić information content (AvgIpc) is 3.58. The second-order valence-corrected chi connectivity index (χ2v) is 9.46. The van der Waals surface area contributed by atoms with Gasteiger partial charge in [0.2, 0.25) is 0 Å². The molecule has 2 atom stereocenters. The third-order valence-corrected chi connectivity index (χ3v) is 6.89. The fraction of sp³-hybridized carbons (Fsp3) is 0.148. The van der Waals surface area contributed by atoms with Gasteiger partial charge in [-0.05, 0) is 54.8 Å². The standard InChI is InChI=1S/C27H26N6OS/c28-26(33-17-5-10-25(33)20-6-2-1-3-7-20)15-16-27-30-18-24(32-27)23-9-4-8-22(31-23)19-11-13-21(14-12-19)35(29)34/h1-4,6-9,11-16,18,25,28H,5,10,17,29H2,(H,30,32)/b16-15-,28-26?/t25-,35?/m1/s1. The molecule has 35 heavy (non-hydrogen) atoms. The molecule has 1 aliphatic rings. The number of aromatic amines is 1. The third-order valence-electron chi connectivity index (χ3n) is 6.15. The van der Waals surface area contributed by atoms with Gasteiger partial charge in [-0.3, -0.25) is 5.41 Å². The Labute approximate surface area is 206 Å². The van der Waals surface area contributed by atoms with Crippen LogP contribution in [0.5, 0.6) is 0 Å². The Morgan fingerprint density at radius 3 is 2.60 bits per heavy atom. The van der Waals surface area contributed by atoms with Gasteiger partial charge in [0.1, 0.15) is 22.6 Å². The maximum absolute atomic E-state index is 11.4. The van der Waals surface area contributed by atoms with E-state index >= 15 is 0 Å². The number of nitrogens with one attached hydrogen (secondary N) is 2. The molecule has 1 aliphatic heterocycles. The Hall–Kier alpha value is -3.88. The predicted octanol–water partition coefficient (Wildman–Crippen LogP) is 4.95. The SMILES string of the molecule is N=C(/C=C\c1ncc(-c2cccc(-c3ccc(S(N)=O)cc3)n2)[nH]1)N1CCC[C@@H]1c1ccccc1. The van der Waals surface area contributed by atoms with Gasteiger partial charge in [0, 0.05) is 12.1 Å². The van der Waals surface area contributed by atoms with Crippen molar-refractivity contribution >= 4 is 22.9 Å². The van der Waals surface area contributed by atoms with Crippen molar-refractivity contribution in [3.05, 3.63) is 96.5 Å². The highest BCUT2D eigenvalue weighted by Crippen LogP contribution is 2.32. The van der Waals surface area contributed by atoms with Gasteiger partial charge in [0.05, 0.1) is 34.2 Å². The molecule has 4 N–H and O–H groups in total. The lowest BCUT2D eigenvalue weighted by Crippen LogP contribution is -2.28. The molecular weight excluding hydrogens is 456 g/mol. The monoisotopic (exact) mass is 482 g/mol. The van der Waals surface area contributed by atoms with Crippen LogP contribution in [0.4, 0.5) is 0 Å². The molecule has 8 heteroatoms. The predicted molar refractivity (Wildman–Crippen MR) is 140 cm³/mol. The Kier molecular flexibility index (Phi) is 6.65. The number of amidine groups is 1. The summed E-state index contributed by atoms with van der Waals surface area (Å²) in [7, 11) is -1.50. The highest BCUT2D eigenvalue weighted by Gasteiger charge is 2.26. The molecule has 0 aliphatic carbocycles. The van der Waals surface area contributed by atoms with Crippen molar-refractivity contribution in [2.24, 2.45) is 5.14 Å². The van der Waals surface area contributed by atoms with E-state index in [0.29, 0.717) is 16.6 Å². The molecular formula is C27H26N6OS. The summed E-state index contributed by atoms with van der Waals surface area (Å²) in [4.78, 5) is 15.2. The molecule has 0 saturated carbocycles. The fourth-order valence-electron chi connectivity index (χ4n) is 4.39. The average molecular weight is 483 g/mol. The highest BCUT2D eigenvalue weighted by atomic mass is 32.2. The van der Waals surface area contributed by atoms with Crippen molar-refractivity contribution in [2.45, 2.75) is 23.8 Å². The number of nitrogens with zero attached hydrogens (tertiary/aromatic N) is 3. The molecule has 7 nitrogen and oxygen atoms in total. The lowest BCUT2D eigenvalue weighted by molar-refractivity contribution is 0.400. The van der Waals surface area contributed by atoms with Crippen molar-refractivity contribution in [1.29, 1.82) is 5.41 Å². The zero-order chi connectivity index (χ0) is 24.2. The summed E-state index contributed by atoms with van der Waals surface area (Å²) < 4.78 is 11.4. The molecule has 3 heterocycles. The summed E-state index contributed by atoms with van der Waals surface area (Å²) in [6, 6.07) is 23.6. The minimum Gasteiger partial charge on any atom is -0.350 e. The quantitative estimate of drug-likeness (QED) is 0.267. The normalized spacial score (nSPS) is 16.6. The first-order valence-electron chi connectivity index (χ1n) is 11.5. The number of likely N-dealkylation sites (tertiary alicyclic amines) is 1. The molecule has 1 fully saturated rings. The van der Waals surface area contributed by atoms with Crippen LogP contribution >= 0.6 is 0 Å². The Morgan fingerprint density at radius 2 is 1.83 bits per heavy atom. The summed E-state index contributed by atoms with van der Waals surface area (Å²) in [6.45, 7) is 0.880. The number of hydrogen-bond acceptors (Lipinski definition) is 4. The highest BCUT2D eigenvalue weighted by molar-refractivity contribution is 7.82. The molecule has 1 unspecified atom stereocenters. The van der Waals surface area contributed by atoms with Gasteiger partial charge in [-0.1, -0.05) is 48.5 Å². The molecule has 0 amide bonds. The number of hydrogen-bond donors (Lipinski definition) is 3. The first-order valence-corrected chi connectivity index (χ1v) is 12.7. The van der Waals surface area contributed by atoms with E-state index in [4.69, 9.17) is 15.5 Å². The van der Waals surface area contributed by atoms with Crippen molar-refractivity contribution in [3.63, 3.8) is 0 Å². The zero-order valence-electron chi connectivity index (χ0n) is 19.1. The molecule has 5 rings (SSSR count). The van der Waals surface area contributed by atoms with Crippen LogP contribution in [-0.4, -0.2) is 36.4 Å². The Bertz CT molecular complexity index is 1380. The van der Waals surface area contributed by atoms with Crippen molar-refractivity contribution in [2.75, 3.05) is 6.54 Å². The first-order chi connectivity index (χ1) is 17.1. The minimum absolute atomic E-state index is 0.242. The first kappa shape index (κ1) is 22.9. The summed E-state index contributed by atoms with van der Waals surface area (Å²) in [5.41, 5.74) is 4.51. The van der Waals surface area contributed by atoms with E-state index in [1.54, 1.807) is 24.4 Å². The van der Waals surface area contributed by atoms with E-state index in [1.807, 2.05) is 42.5 Å². The van der Waals surface area contributed by atoms with E-state index in [1.165, 1.54) is 5.56 Å². The maximum Gasteiger partial charge on any atom is 0.130 e. The molecule has 1 saturated heterocycles. The van der Waals surface area contributed by atoms with Gasteiger partial charge >= 0.3 is 0 Å². The van der Waals surface area contributed by atoms with Crippen LogP contribution in [0, 0.1) is 5.41 Å². The molecule has 0 radical (unpaired) electrons. The fourth-order valence-corrected chi connectivity index (χ4v) is 4.79. The molecule has 0 bridgehead atoms. The van der Waals surface area contributed by atoms with E-state index in [2.05, 4.69) is 39.1 Å². The summed E-state index contributed by atoms with van der Waals surface area (Å²) in [5, 5.41) is 14.0. The summed E-state index contributed by atoms with van der Waals surface area (Å²) >= 11 is 0. The van der Waals surface area contributed by atoms with Crippen molar-refractivity contribution in [3.8, 4) is 22.6 Å². The van der Waals surface area contributed by atoms with Crippen LogP contribution in [0.25, 0.3) is 28.7 Å².